The molecule has 0 amide bonds. The number of fused-ring (bicyclic) bond motifs is 1. The van der Waals surface area contributed by atoms with Gasteiger partial charge in [0.15, 0.2) is 0 Å². The molecule has 1 aliphatic heterocycles. The first-order valence-corrected chi connectivity index (χ1v) is 7.55. The van der Waals surface area contributed by atoms with Crippen LogP contribution in [-0.2, 0) is 4.79 Å². The SMILES string of the molecule is CN1CCN(NC(C(=O)O)c2cccc3ccccc23)CC1. The first-order chi connectivity index (χ1) is 10.6. The lowest BCUT2D eigenvalue weighted by molar-refractivity contribution is -0.141. The highest BCUT2D eigenvalue weighted by Crippen LogP contribution is 2.25. The number of piperazine rings is 1. The summed E-state index contributed by atoms with van der Waals surface area (Å²) in [4.78, 5) is 14.0. The van der Waals surface area contributed by atoms with Crippen molar-refractivity contribution < 1.29 is 9.90 Å². The molecule has 0 aromatic heterocycles. The molecular formula is C17H21N3O2. The lowest BCUT2D eigenvalue weighted by Crippen LogP contribution is -2.52. The number of carboxylic acids is 1. The zero-order chi connectivity index (χ0) is 15.5. The molecule has 5 nitrogen and oxygen atoms in total. The molecule has 0 bridgehead atoms. The lowest BCUT2D eigenvalue weighted by atomic mass is 9.99. The normalized spacial score (nSPS) is 18.4. The molecule has 1 saturated heterocycles. The van der Waals surface area contributed by atoms with E-state index in [1.807, 2.05) is 47.5 Å². The summed E-state index contributed by atoms with van der Waals surface area (Å²) >= 11 is 0. The summed E-state index contributed by atoms with van der Waals surface area (Å²) in [5.74, 6) is -0.852. The Bertz CT molecular complexity index is 661. The van der Waals surface area contributed by atoms with Gasteiger partial charge < -0.3 is 10.0 Å². The molecule has 1 aliphatic rings. The number of carboxylic acid groups (broad SMARTS) is 1. The highest BCUT2D eigenvalue weighted by atomic mass is 16.4. The van der Waals surface area contributed by atoms with Crippen LogP contribution in [0.4, 0.5) is 0 Å². The molecule has 2 N–H and O–H groups in total. The van der Waals surface area contributed by atoms with Crippen LogP contribution in [0.5, 0.6) is 0 Å². The van der Waals surface area contributed by atoms with Crippen LogP contribution in [0.2, 0.25) is 0 Å². The van der Waals surface area contributed by atoms with Crippen molar-refractivity contribution in [2.75, 3.05) is 33.2 Å². The van der Waals surface area contributed by atoms with Crippen LogP contribution >= 0.6 is 0 Å². The molecule has 1 atom stereocenters. The van der Waals surface area contributed by atoms with E-state index < -0.39 is 12.0 Å². The summed E-state index contributed by atoms with van der Waals surface area (Å²) in [5, 5.41) is 13.7. The molecule has 0 radical (unpaired) electrons. The summed E-state index contributed by atoms with van der Waals surface area (Å²) in [5.41, 5.74) is 4.00. The number of rotatable bonds is 4. The molecule has 5 heteroatoms. The number of aliphatic carboxylic acids is 1. The second-order valence-electron chi connectivity index (χ2n) is 5.76. The predicted molar refractivity (Wildman–Crippen MR) is 86.5 cm³/mol. The van der Waals surface area contributed by atoms with Crippen LogP contribution < -0.4 is 5.43 Å². The Morgan fingerprint density at radius 1 is 1.09 bits per heavy atom. The van der Waals surface area contributed by atoms with Crippen molar-refractivity contribution in [1.29, 1.82) is 0 Å². The third-order valence-electron chi connectivity index (χ3n) is 4.20. The fourth-order valence-corrected chi connectivity index (χ4v) is 2.88. The number of carbonyl (C=O) groups is 1. The number of benzene rings is 2. The molecule has 3 rings (SSSR count). The minimum absolute atomic E-state index is 0.727. The Hall–Kier alpha value is -1.95. The molecule has 1 heterocycles. The second-order valence-corrected chi connectivity index (χ2v) is 5.76. The number of nitrogens with one attached hydrogen (secondary N) is 1. The minimum Gasteiger partial charge on any atom is -0.480 e. The molecule has 0 spiro atoms. The first-order valence-electron chi connectivity index (χ1n) is 7.55. The third-order valence-corrected chi connectivity index (χ3v) is 4.20. The van der Waals surface area contributed by atoms with Crippen LogP contribution in [0.15, 0.2) is 42.5 Å². The van der Waals surface area contributed by atoms with Gasteiger partial charge in [0.1, 0.15) is 6.04 Å². The number of hydrogen-bond acceptors (Lipinski definition) is 4. The predicted octanol–water partition coefficient (Wildman–Crippen LogP) is 1.72. The average molecular weight is 299 g/mol. The zero-order valence-corrected chi connectivity index (χ0v) is 12.7. The van der Waals surface area contributed by atoms with E-state index in [2.05, 4.69) is 17.4 Å². The summed E-state index contributed by atoms with van der Waals surface area (Å²) < 4.78 is 0. The Labute approximate surface area is 130 Å². The largest absolute Gasteiger partial charge is 0.480 e. The van der Waals surface area contributed by atoms with E-state index >= 15 is 0 Å². The lowest BCUT2D eigenvalue weighted by Gasteiger charge is -2.34. The zero-order valence-electron chi connectivity index (χ0n) is 12.7. The number of hydrogen-bond donors (Lipinski definition) is 2. The van der Waals surface area contributed by atoms with Gasteiger partial charge in [0.2, 0.25) is 0 Å². The Morgan fingerprint density at radius 2 is 1.77 bits per heavy atom. The molecule has 0 saturated carbocycles. The van der Waals surface area contributed by atoms with Gasteiger partial charge in [0, 0.05) is 26.2 Å². The van der Waals surface area contributed by atoms with Gasteiger partial charge in [0.25, 0.3) is 0 Å². The van der Waals surface area contributed by atoms with Crippen LogP contribution in [-0.4, -0.2) is 54.2 Å². The molecule has 1 unspecified atom stereocenters. The van der Waals surface area contributed by atoms with E-state index in [9.17, 15) is 9.90 Å². The van der Waals surface area contributed by atoms with Crippen LogP contribution in [0.1, 0.15) is 11.6 Å². The van der Waals surface area contributed by atoms with E-state index in [-0.39, 0.29) is 0 Å². The van der Waals surface area contributed by atoms with Crippen molar-refractivity contribution in [1.82, 2.24) is 15.3 Å². The van der Waals surface area contributed by atoms with E-state index in [0.717, 1.165) is 42.5 Å². The van der Waals surface area contributed by atoms with Gasteiger partial charge >= 0.3 is 5.97 Å². The monoisotopic (exact) mass is 299 g/mol. The fourth-order valence-electron chi connectivity index (χ4n) is 2.88. The smallest absolute Gasteiger partial charge is 0.326 e. The third kappa shape index (κ3) is 3.11. The van der Waals surface area contributed by atoms with Crippen LogP contribution in [0.3, 0.4) is 0 Å². The van der Waals surface area contributed by atoms with Gasteiger partial charge in [-0.3, -0.25) is 4.79 Å². The maximum Gasteiger partial charge on any atom is 0.326 e. The van der Waals surface area contributed by atoms with Crippen molar-refractivity contribution in [3.8, 4) is 0 Å². The van der Waals surface area contributed by atoms with E-state index in [4.69, 9.17) is 0 Å². The minimum atomic E-state index is -0.852. The van der Waals surface area contributed by atoms with E-state index in [1.165, 1.54) is 0 Å². The van der Waals surface area contributed by atoms with Gasteiger partial charge in [-0.25, -0.2) is 10.4 Å². The average Bonchev–Trinajstić information content (AvgIpc) is 2.54. The number of nitrogens with zero attached hydrogens (tertiary/aromatic N) is 2. The highest BCUT2D eigenvalue weighted by Gasteiger charge is 2.25. The van der Waals surface area contributed by atoms with Gasteiger partial charge in [-0.2, -0.15) is 0 Å². The fraction of sp³-hybridized carbons (Fsp3) is 0.353. The molecule has 2 aromatic rings. The summed E-state index contributed by atoms with van der Waals surface area (Å²) in [6.07, 6.45) is 0. The topological polar surface area (TPSA) is 55.8 Å². The molecule has 2 aromatic carbocycles. The maximum absolute atomic E-state index is 11.8. The standard InChI is InChI=1S/C17H21N3O2/c1-19-9-11-20(12-10-19)18-16(17(21)22)15-8-4-6-13-5-2-3-7-14(13)15/h2-8,16,18H,9-12H2,1H3,(H,21,22). The summed E-state index contributed by atoms with van der Waals surface area (Å²) in [6.45, 7) is 3.53. The Kier molecular flexibility index (Phi) is 4.38. The van der Waals surface area contributed by atoms with E-state index in [0.29, 0.717) is 0 Å². The molecule has 0 aliphatic carbocycles. The molecular weight excluding hydrogens is 278 g/mol. The van der Waals surface area contributed by atoms with Gasteiger partial charge in [-0.05, 0) is 23.4 Å². The molecule has 22 heavy (non-hydrogen) atoms. The van der Waals surface area contributed by atoms with Crippen molar-refractivity contribution in [3.05, 3.63) is 48.0 Å². The Balaban J connectivity index is 1.88. The molecule has 1 fully saturated rings. The van der Waals surface area contributed by atoms with Crippen molar-refractivity contribution in [2.24, 2.45) is 0 Å². The van der Waals surface area contributed by atoms with Gasteiger partial charge in [-0.1, -0.05) is 42.5 Å². The van der Waals surface area contributed by atoms with Crippen molar-refractivity contribution in [3.63, 3.8) is 0 Å². The summed E-state index contributed by atoms with van der Waals surface area (Å²) in [6, 6.07) is 13.0. The van der Waals surface area contributed by atoms with E-state index in [1.54, 1.807) is 0 Å². The van der Waals surface area contributed by atoms with Crippen molar-refractivity contribution >= 4 is 16.7 Å². The number of hydrazine groups is 1. The quantitative estimate of drug-likeness (QED) is 0.900. The van der Waals surface area contributed by atoms with Crippen LogP contribution in [0.25, 0.3) is 10.8 Å². The number of likely N-dealkylation sites (N-methyl/N-ethyl adjacent to an activating group) is 1. The van der Waals surface area contributed by atoms with Crippen LogP contribution in [0, 0.1) is 0 Å². The van der Waals surface area contributed by atoms with Gasteiger partial charge in [-0.15, -0.1) is 0 Å². The van der Waals surface area contributed by atoms with Gasteiger partial charge in [0.05, 0.1) is 0 Å². The van der Waals surface area contributed by atoms with Crippen molar-refractivity contribution in [2.45, 2.75) is 6.04 Å². The second kappa shape index (κ2) is 6.44. The molecule has 116 valence electrons. The summed E-state index contributed by atoms with van der Waals surface area (Å²) in [7, 11) is 2.08. The maximum atomic E-state index is 11.8. The highest BCUT2D eigenvalue weighted by molar-refractivity contribution is 5.90. The Morgan fingerprint density at radius 3 is 2.50 bits per heavy atom. The first kappa shape index (κ1) is 15.0.